The van der Waals surface area contributed by atoms with Crippen LogP contribution in [-0.4, -0.2) is 30.8 Å². The van der Waals surface area contributed by atoms with Crippen LogP contribution in [0.25, 0.3) is 0 Å². The maximum Gasteiger partial charge on any atom is 0.339 e. The second kappa shape index (κ2) is 8.19. The molecule has 0 N–H and O–H groups in total. The number of benzene rings is 1. The molecule has 0 amide bonds. The molecular formula is C19H25ClO5. The molecule has 2 rings (SSSR count). The summed E-state index contributed by atoms with van der Waals surface area (Å²) in [5.74, 6) is -0.699. The van der Waals surface area contributed by atoms with Crippen LogP contribution in [0.4, 0.5) is 0 Å². The number of rotatable bonds is 5. The Bertz CT molecular complexity index is 648. The molecule has 6 heteroatoms. The summed E-state index contributed by atoms with van der Waals surface area (Å²) in [6, 6.07) is 3.63. The van der Waals surface area contributed by atoms with Gasteiger partial charge in [-0.25, -0.2) is 4.79 Å². The van der Waals surface area contributed by atoms with Crippen LogP contribution in [0.3, 0.4) is 0 Å². The standard InChI is InChI=1S/C19H25ClO5/c1-5-23-18(22)17-16-12(6-7-15(21)25-19(2,3)4)10-14(20)11-13(16)8-9-24-17/h10-11,17H,5-9H2,1-4H3. The number of fused-ring (bicyclic) bond motifs is 1. The van der Waals surface area contributed by atoms with Crippen molar-refractivity contribution in [3.63, 3.8) is 0 Å². The zero-order valence-electron chi connectivity index (χ0n) is 15.2. The molecule has 1 heterocycles. The van der Waals surface area contributed by atoms with Gasteiger partial charge in [-0.2, -0.15) is 0 Å². The van der Waals surface area contributed by atoms with Gasteiger partial charge in [-0.05, 0) is 69.4 Å². The van der Waals surface area contributed by atoms with Crippen LogP contribution >= 0.6 is 11.6 Å². The first kappa shape index (κ1) is 19.7. The molecule has 0 fully saturated rings. The minimum atomic E-state index is -0.769. The van der Waals surface area contributed by atoms with E-state index in [4.69, 9.17) is 25.8 Å². The molecule has 0 bridgehead atoms. The lowest BCUT2D eigenvalue weighted by Gasteiger charge is -2.27. The van der Waals surface area contributed by atoms with Crippen LogP contribution in [0.1, 0.15) is 56.9 Å². The highest BCUT2D eigenvalue weighted by Crippen LogP contribution is 2.34. The number of halogens is 1. The third kappa shape index (κ3) is 5.44. The predicted molar refractivity (Wildman–Crippen MR) is 94.6 cm³/mol. The van der Waals surface area contributed by atoms with E-state index in [1.807, 2.05) is 26.8 Å². The molecule has 138 valence electrons. The van der Waals surface area contributed by atoms with Crippen molar-refractivity contribution in [3.8, 4) is 0 Å². The van der Waals surface area contributed by atoms with Crippen molar-refractivity contribution in [2.45, 2.75) is 58.7 Å². The number of aryl methyl sites for hydroxylation is 1. The molecule has 1 aliphatic heterocycles. The maximum absolute atomic E-state index is 12.3. The fourth-order valence-electron chi connectivity index (χ4n) is 2.89. The van der Waals surface area contributed by atoms with Crippen LogP contribution in [0.2, 0.25) is 5.02 Å². The third-order valence-electron chi connectivity index (χ3n) is 3.75. The molecule has 25 heavy (non-hydrogen) atoms. The van der Waals surface area contributed by atoms with Gasteiger partial charge in [-0.15, -0.1) is 0 Å². The van der Waals surface area contributed by atoms with Gasteiger partial charge in [-0.1, -0.05) is 11.6 Å². The number of ether oxygens (including phenoxy) is 3. The van der Waals surface area contributed by atoms with Crippen LogP contribution < -0.4 is 0 Å². The molecule has 1 aromatic rings. The highest BCUT2D eigenvalue weighted by molar-refractivity contribution is 6.30. The molecule has 5 nitrogen and oxygen atoms in total. The summed E-state index contributed by atoms with van der Waals surface area (Å²) < 4.78 is 16.1. The Morgan fingerprint density at radius 3 is 2.68 bits per heavy atom. The quantitative estimate of drug-likeness (QED) is 0.740. The average Bonchev–Trinajstić information content (AvgIpc) is 2.50. The minimum absolute atomic E-state index is 0.208. The fraction of sp³-hybridized carbons (Fsp3) is 0.579. The summed E-state index contributed by atoms with van der Waals surface area (Å²) in [4.78, 5) is 24.3. The van der Waals surface area contributed by atoms with Gasteiger partial charge in [0.05, 0.1) is 13.2 Å². The van der Waals surface area contributed by atoms with E-state index in [2.05, 4.69) is 0 Å². The summed E-state index contributed by atoms with van der Waals surface area (Å²) in [6.45, 7) is 7.97. The Labute approximate surface area is 153 Å². The molecule has 0 spiro atoms. The second-order valence-electron chi connectivity index (χ2n) is 6.98. The molecule has 1 aliphatic rings. The van der Waals surface area contributed by atoms with Crippen LogP contribution in [0.15, 0.2) is 12.1 Å². The zero-order valence-corrected chi connectivity index (χ0v) is 15.9. The zero-order chi connectivity index (χ0) is 18.6. The van der Waals surface area contributed by atoms with Crippen LogP contribution in [0.5, 0.6) is 0 Å². The topological polar surface area (TPSA) is 61.8 Å². The van der Waals surface area contributed by atoms with Crippen molar-refractivity contribution in [1.29, 1.82) is 0 Å². The van der Waals surface area contributed by atoms with Gasteiger partial charge in [0, 0.05) is 11.4 Å². The van der Waals surface area contributed by atoms with E-state index < -0.39 is 17.7 Å². The minimum Gasteiger partial charge on any atom is -0.464 e. The van der Waals surface area contributed by atoms with E-state index in [0.29, 0.717) is 24.5 Å². The first-order valence-electron chi connectivity index (χ1n) is 8.52. The molecular weight excluding hydrogens is 344 g/mol. The Morgan fingerprint density at radius 2 is 2.04 bits per heavy atom. The third-order valence-corrected chi connectivity index (χ3v) is 3.97. The highest BCUT2D eigenvalue weighted by atomic mass is 35.5. The monoisotopic (exact) mass is 368 g/mol. The fourth-order valence-corrected chi connectivity index (χ4v) is 3.15. The van der Waals surface area contributed by atoms with E-state index in [-0.39, 0.29) is 19.0 Å². The summed E-state index contributed by atoms with van der Waals surface area (Å²) in [6.07, 6.45) is 0.539. The number of hydrogen-bond acceptors (Lipinski definition) is 5. The predicted octanol–water partition coefficient (Wildman–Crippen LogP) is 3.79. The highest BCUT2D eigenvalue weighted by Gasteiger charge is 2.31. The van der Waals surface area contributed by atoms with Gasteiger partial charge in [-0.3, -0.25) is 4.79 Å². The molecule has 1 atom stereocenters. The molecule has 1 aromatic carbocycles. The van der Waals surface area contributed by atoms with E-state index in [0.717, 1.165) is 16.7 Å². The first-order chi connectivity index (χ1) is 11.7. The maximum atomic E-state index is 12.3. The Kier molecular flexibility index (Phi) is 6.47. The average molecular weight is 369 g/mol. The van der Waals surface area contributed by atoms with E-state index in [1.165, 1.54) is 0 Å². The summed E-state index contributed by atoms with van der Waals surface area (Å²) in [5, 5.41) is 0.586. The molecule has 0 saturated carbocycles. The van der Waals surface area contributed by atoms with E-state index >= 15 is 0 Å². The Morgan fingerprint density at radius 1 is 1.32 bits per heavy atom. The number of hydrogen-bond donors (Lipinski definition) is 0. The van der Waals surface area contributed by atoms with Gasteiger partial charge < -0.3 is 14.2 Å². The van der Waals surface area contributed by atoms with Crippen molar-refractivity contribution in [1.82, 2.24) is 0 Å². The smallest absolute Gasteiger partial charge is 0.339 e. The van der Waals surface area contributed by atoms with E-state index in [1.54, 1.807) is 13.0 Å². The Hall–Kier alpha value is -1.59. The largest absolute Gasteiger partial charge is 0.464 e. The van der Waals surface area contributed by atoms with Gasteiger partial charge >= 0.3 is 11.9 Å². The molecule has 0 aliphatic carbocycles. The molecule has 0 saturated heterocycles. The van der Waals surface area contributed by atoms with Crippen molar-refractivity contribution in [2.75, 3.05) is 13.2 Å². The molecule has 0 radical (unpaired) electrons. The number of esters is 2. The van der Waals surface area contributed by atoms with Gasteiger partial charge in [0.1, 0.15) is 5.60 Å². The first-order valence-corrected chi connectivity index (χ1v) is 8.90. The van der Waals surface area contributed by atoms with Crippen molar-refractivity contribution >= 4 is 23.5 Å². The lowest BCUT2D eigenvalue weighted by Crippen LogP contribution is -2.27. The molecule has 0 aromatic heterocycles. The number of carbonyl (C=O) groups is 2. The summed E-state index contributed by atoms with van der Waals surface area (Å²) in [5.41, 5.74) is 2.04. The second-order valence-corrected chi connectivity index (χ2v) is 7.41. The van der Waals surface area contributed by atoms with Gasteiger partial charge in [0.25, 0.3) is 0 Å². The summed E-state index contributed by atoms with van der Waals surface area (Å²) >= 11 is 6.22. The number of carbonyl (C=O) groups excluding carboxylic acids is 2. The van der Waals surface area contributed by atoms with Crippen LogP contribution in [0, 0.1) is 0 Å². The van der Waals surface area contributed by atoms with Gasteiger partial charge in [0.2, 0.25) is 0 Å². The van der Waals surface area contributed by atoms with E-state index in [9.17, 15) is 9.59 Å². The van der Waals surface area contributed by atoms with Crippen molar-refractivity contribution < 1.29 is 23.8 Å². The Balaban J connectivity index is 2.24. The van der Waals surface area contributed by atoms with Crippen molar-refractivity contribution in [3.05, 3.63) is 33.8 Å². The normalized spacial score (nSPS) is 16.9. The lowest BCUT2D eigenvalue weighted by molar-refractivity contribution is -0.158. The molecule has 1 unspecified atom stereocenters. The van der Waals surface area contributed by atoms with Gasteiger partial charge in [0.15, 0.2) is 6.10 Å². The lowest BCUT2D eigenvalue weighted by atomic mass is 9.90. The summed E-state index contributed by atoms with van der Waals surface area (Å²) in [7, 11) is 0. The van der Waals surface area contributed by atoms with Crippen molar-refractivity contribution in [2.24, 2.45) is 0 Å². The SMILES string of the molecule is CCOC(=O)C1OCCc2cc(Cl)cc(CCC(=O)OC(C)(C)C)c21. The van der Waals surface area contributed by atoms with Crippen LogP contribution in [-0.2, 0) is 36.6 Å².